The Hall–Kier alpha value is -2.04. The summed E-state index contributed by atoms with van der Waals surface area (Å²) in [4.78, 5) is 15.1. The van der Waals surface area contributed by atoms with Crippen molar-refractivity contribution in [2.45, 2.75) is 57.6 Å². The van der Waals surface area contributed by atoms with E-state index in [-0.39, 0.29) is 5.92 Å². The first kappa shape index (κ1) is 22.2. The molecule has 0 radical (unpaired) electrons. The van der Waals surface area contributed by atoms with Crippen molar-refractivity contribution in [3.05, 3.63) is 64.7 Å². The van der Waals surface area contributed by atoms with E-state index in [1.807, 2.05) is 48.5 Å². The predicted molar refractivity (Wildman–Crippen MR) is 123 cm³/mol. The third-order valence-electron chi connectivity index (χ3n) is 6.46. The molecule has 1 saturated heterocycles. The molecule has 2 aromatic rings. The van der Waals surface area contributed by atoms with Crippen molar-refractivity contribution >= 4 is 17.5 Å². The third-order valence-corrected chi connectivity index (χ3v) is 6.83. The van der Waals surface area contributed by atoms with Gasteiger partial charge in [0.1, 0.15) is 12.4 Å². The van der Waals surface area contributed by atoms with Gasteiger partial charge >= 0.3 is 0 Å². The molecule has 1 atom stereocenters. The molecule has 0 bridgehead atoms. The first-order valence-corrected chi connectivity index (χ1v) is 11.9. The van der Waals surface area contributed by atoms with Crippen LogP contribution >= 0.6 is 11.6 Å². The Morgan fingerprint density at radius 3 is 2.58 bits per heavy atom. The maximum atomic E-state index is 13.0. The van der Waals surface area contributed by atoms with Gasteiger partial charge in [0.25, 0.3) is 0 Å². The highest BCUT2D eigenvalue weighted by atomic mass is 35.5. The number of carbonyl (C=O) groups excluding carboxylic acids is 1. The van der Waals surface area contributed by atoms with E-state index >= 15 is 0 Å². The van der Waals surface area contributed by atoms with Crippen LogP contribution in [0.2, 0.25) is 5.02 Å². The van der Waals surface area contributed by atoms with Crippen molar-refractivity contribution in [1.29, 1.82) is 0 Å². The molecule has 1 saturated carbocycles. The Morgan fingerprint density at radius 2 is 1.77 bits per heavy atom. The second kappa shape index (κ2) is 11.0. The fraction of sp³-hybridized carbons (Fsp3) is 0.500. The van der Waals surface area contributed by atoms with Crippen molar-refractivity contribution in [1.82, 2.24) is 4.90 Å². The molecule has 166 valence electrons. The molecule has 4 rings (SSSR count). The zero-order valence-corrected chi connectivity index (χ0v) is 18.9. The fourth-order valence-corrected chi connectivity index (χ4v) is 4.95. The van der Waals surface area contributed by atoms with E-state index in [0.717, 1.165) is 42.7 Å². The monoisotopic (exact) mass is 441 g/mol. The van der Waals surface area contributed by atoms with E-state index in [0.29, 0.717) is 43.2 Å². The summed E-state index contributed by atoms with van der Waals surface area (Å²) in [5.74, 6) is 1.12. The van der Waals surface area contributed by atoms with Gasteiger partial charge in [-0.1, -0.05) is 61.2 Å². The van der Waals surface area contributed by atoms with Crippen molar-refractivity contribution in [3.63, 3.8) is 0 Å². The Morgan fingerprint density at radius 1 is 0.968 bits per heavy atom. The number of hydrogen-bond acceptors (Lipinski definition) is 3. The van der Waals surface area contributed by atoms with Gasteiger partial charge in [0.15, 0.2) is 0 Å². The maximum absolute atomic E-state index is 13.0. The van der Waals surface area contributed by atoms with Crippen molar-refractivity contribution in [2.24, 2.45) is 5.92 Å². The summed E-state index contributed by atoms with van der Waals surface area (Å²) in [6, 6.07) is 16.3. The van der Waals surface area contributed by atoms with Crippen LogP contribution in [0.5, 0.6) is 5.75 Å². The Kier molecular flexibility index (Phi) is 7.87. The molecule has 1 aliphatic carbocycles. The summed E-state index contributed by atoms with van der Waals surface area (Å²) in [5, 5.41) is 0.705. The van der Waals surface area contributed by atoms with Crippen LogP contribution in [0, 0.1) is 5.92 Å². The average molecular weight is 442 g/mol. The van der Waals surface area contributed by atoms with Gasteiger partial charge < -0.3 is 14.4 Å². The van der Waals surface area contributed by atoms with Gasteiger partial charge in [0.2, 0.25) is 5.91 Å². The SMILES string of the molecule is O=C1C(Cc2cc(OCCOCc3ccccc3)ccc2Cl)CCN1C1CCCCC1. The number of halogens is 1. The average Bonchev–Trinajstić information content (AvgIpc) is 3.17. The molecule has 31 heavy (non-hydrogen) atoms. The second-order valence-electron chi connectivity index (χ2n) is 8.65. The lowest BCUT2D eigenvalue weighted by molar-refractivity contribution is -0.133. The lowest BCUT2D eigenvalue weighted by atomic mass is 9.94. The van der Waals surface area contributed by atoms with Gasteiger partial charge in [0, 0.05) is 23.5 Å². The summed E-state index contributed by atoms with van der Waals surface area (Å²) in [6.07, 6.45) is 7.73. The van der Waals surface area contributed by atoms with Crippen LogP contribution < -0.4 is 4.74 Å². The first-order chi connectivity index (χ1) is 15.2. The second-order valence-corrected chi connectivity index (χ2v) is 9.06. The molecule has 5 heteroatoms. The predicted octanol–water partition coefficient (Wildman–Crippen LogP) is 5.66. The zero-order valence-electron chi connectivity index (χ0n) is 18.1. The van der Waals surface area contributed by atoms with Crippen LogP contribution in [-0.2, 0) is 22.6 Å². The van der Waals surface area contributed by atoms with Crippen LogP contribution in [0.1, 0.15) is 49.7 Å². The lowest BCUT2D eigenvalue weighted by Gasteiger charge is -2.31. The quantitative estimate of drug-likeness (QED) is 0.471. The highest BCUT2D eigenvalue weighted by Crippen LogP contribution is 2.32. The van der Waals surface area contributed by atoms with Crippen molar-refractivity contribution in [2.75, 3.05) is 19.8 Å². The normalized spacial score (nSPS) is 19.7. The molecule has 2 fully saturated rings. The number of ether oxygens (including phenoxy) is 2. The number of amides is 1. The van der Waals surface area contributed by atoms with E-state index in [9.17, 15) is 4.79 Å². The minimum atomic E-state index is 0.0314. The van der Waals surface area contributed by atoms with Gasteiger partial charge in [-0.15, -0.1) is 0 Å². The smallest absolute Gasteiger partial charge is 0.226 e. The molecular formula is C26H32ClNO3. The first-order valence-electron chi connectivity index (χ1n) is 11.5. The van der Waals surface area contributed by atoms with Gasteiger partial charge in [-0.3, -0.25) is 4.79 Å². The Bertz CT molecular complexity index is 851. The van der Waals surface area contributed by atoms with Gasteiger partial charge in [-0.2, -0.15) is 0 Å². The minimum absolute atomic E-state index is 0.0314. The van der Waals surface area contributed by atoms with Crippen LogP contribution in [0.4, 0.5) is 0 Å². The van der Waals surface area contributed by atoms with E-state index in [2.05, 4.69) is 4.90 Å². The largest absolute Gasteiger partial charge is 0.491 e. The highest BCUT2D eigenvalue weighted by Gasteiger charge is 2.36. The van der Waals surface area contributed by atoms with Crippen LogP contribution in [0.3, 0.4) is 0 Å². The van der Waals surface area contributed by atoms with Crippen molar-refractivity contribution in [3.8, 4) is 5.75 Å². The van der Waals surface area contributed by atoms with E-state index in [1.165, 1.54) is 19.3 Å². The summed E-state index contributed by atoms with van der Waals surface area (Å²) in [7, 11) is 0. The summed E-state index contributed by atoms with van der Waals surface area (Å²) in [6.45, 7) is 2.47. The molecule has 1 aliphatic heterocycles. The molecule has 1 amide bonds. The van der Waals surface area contributed by atoms with E-state index in [1.54, 1.807) is 0 Å². The number of likely N-dealkylation sites (tertiary alicyclic amines) is 1. The molecule has 4 nitrogen and oxygen atoms in total. The molecule has 0 spiro atoms. The number of rotatable bonds is 9. The highest BCUT2D eigenvalue weighted by molar-refractivity contribution is 6.31. The number of carbonyl (C=O) groups is 1. The maximum Gasteiger partial charge on any atom is 0.226 e. The Balaban J connectivity index is 1.26. The summed E-state index contributed by atoms with van der Waals surface area (Å²) < 4.78 is 11.6. The molecule has 0 N–H and O–H groups in total. The van der Waals surface area contributed by atoms with Crippen LogP contribution in [-0.4, -0.2) is 36.6 Å². The third kappa shape index (κ3) is 6.02. The number of hydrogen-bond donors (Lipinski definition) is 0. The van der Waals surface area contributed by atoms with Gasteiger partial charge in [-0.25, -0.2) is 0 Å². The molecule has 0 aromatic heterocycles. The van der Waals surface area contributed by atoms with Crippen molar-refractivity contribution < 1.29 is 14.3 Å². The fourth-order valence-electron chi connectivity index (χ4n) is 4.75. The summed E-state index contributed by atoms with van der Waals surface area (Å²) in [5.41, 5.74) is 2.15. The van der Waals surface area contributed by atoms with Crippen LogP contribution in [0.15, 0.2) is 48.5 Å². The molecule has 2 aromatic carbocycles. The number of nitrogens with zero attached hydrogens (tertiary/aromatic N) is 1. The number of benzene rings is 2. The van der Waals surface area contributed by atoms with Gasteiger partial charge in [-0.05, 0) is 55.0 Å². The molecular weight excluding hydrogens is 410 g/mol. The standard InChI is InChI=1S/C26H32ClNO3/c27-25-12-11-24(31-16-15-30-19-20-7-3-1-4-8-20)18-22(25)17-21-13-14-28(26(21)29)23-9-5-2-6-10-23/h1,3-4,7-8,11-12,18,21,23H,2,5-6,9-10,13-17,19H2. The zero-order chi connectivity index (χ0) is 21.5. The molecule has 1 unspecified atom stereocenters. The van der Waals surface area contributed by atoms with E-state index < -0.39 is 0 Å². The minimum Gasteiger partial charge on any atom is -0.491 e. The topological polar surface area (TPSA) is 38.8 Å². The lowest BCUT2D eigenvalue weighted by Crippen LogP contribution is -2.39. The van der Waals surface area contributed by atoms with E-state index in [4.69, 9.17) is 21.1 Å². The molecule has 1 heterocycles. The summed E-state index contributed by atoms with van der Waals surface area (Å²) >= 11 is 6.45. The van der Waals surface area contributed by atoms with Crippen LogP contribution in [0.25, 0.3) is 0 Å². The molecule has 2 aliphatic rings. The Labute approximate surface area is 190 Å². The van der Waals surface area contributed by atoms with Gasteiger partial charge in [0.05, 0.1) is 13.2 Å².